The van der Waals surface area contributed by atoms with Crippen LogP contribution in [0.4, 0.5) is 0 Å². The van der Waals surface area contributed by atoms with E-state index in [0.29, 0.717) is 18.5 Å². The predicted octanol–water partition coefficient (Wildman–Crippen LogP) is -0.276. The minimum absolute atomic E-state index is 0.0191. The maximum Gasteiger partial charge on any atom is 0.265 e. The first-order chi connectivity index (χ1) is 16.4. The van der Waals surface area contributed by atoms with Gasteiger partial charge in [0.2, 0.25) is 0 Å². The average molecular weight is 546 g/mol. The zero-order chi connectivity index (χ0) is 26.9. The summed E-state index contributed by atoms with van der Waals surface area (Å²) >= 11 is 0. The van der Waals surface area contributed by atoms with Gasteiger partial charge in [0.15, 0.2) is 0 Å². The van der Waals surface area contributed by atoms with E-state index < -0.39 is 15.4 Å². The summed E-state index contributed by atoms with van der Waals surface area (Å²) < 4.78 is 31.5. The lowest BCUT2D eigenvalue weighted by Crippen LogP contribution is -2.36. The van der Waals surface area contributed by atoms with Gasteiger partial charge in [-0.3, -0.25) is 4.57 Å². The van der Waals surface area contributed by atoms with Crippen LogP contribution < -0.4 is 36.4 Å². The van der Waals surface area contributed by atoms with Crippen molar-refractivity contribution in [2.24, 2.45) is 0 Å². The fourth-order valence-corrected chi connectivity index (χ4v) is 4.76. The molecule has 35 heavy (non-hydrogen) atoms. The Hall–Kier alpha value is 0.0600. The molecule has 0 aromatic carbocycles. The zero-order valence-electron chi connectivity index (χ0n) is 22.2. The normalized spacial score (nSPS) is 19.9. The van der Waals surface area contributed by atoms with Gasteiger partial charge in [0.25, 0.3) is 7.82 Å². The quantitative estimate of drug-likeness (QED) is 0.0927. The van der Waals surface area contributed by atoms with Gasteiger partial charge in [-0.05, 0) is 86.6 Å². The molecule has 7 atom stereocenters. The summed E-state index contributed by atoms with van der Waals surface area (Å²) in [5.74, 6) is 0. The summed E-state index contributed by atoms with van der Waals surface area (Å²) in [6, 6.07) is 0.779. The van der Waals surface area contributed by atoms with E-state index in [-0.39, 0.29) is 31.3 Å². The zero-order valence-corrected chi connectivity index (χ0v) is 24.0. The van der Waals surface area contributed by atoms with E-state index in [2.05, 4.69) is 31.1 Å². The second-order valence-corrected chi connectivity index (χ2v) is 12.1. The highest BCUT2D eigenvalue weighted by atomic mass is 31.2. The number of phosphoric acid groups is 1. The summed E-state index contributed by atoms with van der Waals surface area (Å²) in [7, 11) is 0.956. The van der Waals surface area contributed by atoms with Gasteiger partial charge >= 0.3 is 0 Å². The second kappa shape index (κ2) is 19.2. The molecular formula is C21H49N5O7P2-2. The summed E-state index contributed by atoms with van der Waals surface area (Å²) in [5, 5.41) is 16.3. The van der Waals surface area contributed by atoms with E-state index >= 15 is 0 Å². The molecule has 0 aromatic heterocycles. The van der Waals surface area contributed by atoms with Crippen molar-refractivity contribution < 1.29 is 32.9 Å². The monoisotopic (exact) mass is 545 g/mol. The van der Waals surface area contributed by atoms with Gasteiger partial charge in [-0.2, -0.15) is 0 Å². The van der Waals surface area contributed by atoms with Gasteiger partial charge < -0.3 is 54.9 Å². The third-order valence-electron chi connectivity index (χ3n) is 6.44. The Bertz CT molecular complexity index is 573. The Labute approximate surface area is 211 Å². The first-order valence-electron chi connectivity index (χ1n) is 12.3. The molecule has 0 fully saturated rings. The topological polar surface area (TPSA) is 179 Å². The van der Waals surface area contributed by atoms with E-state index in [1.807, 2.05) is 28.2 Å². The van der Waals surface area contributed by atoms with Gasteiger partial charge in [0.05, 0.1) is 13.2 Å². The van der Waals surface area contributed by atoms with Crippen molar-refractivity contribution in [1.82, 2.24) is 26.6 Å². The van der Waals surface area contributed by atoms with E-state index in [0.717, 1.165) is 51.6 Å². The number of likely N-dealkylation sites (N-methyl/N-ethyl adjacent to an activating group) is 2. The van der Waals surface area contributed by atoms with Crippen LogP contribution in [0.15, 0.2) is 0 Å². The van der Waals surface area contributed by atoms with Gasteiger partial charge in [-0.1, -0.05) is 0 Å². The minimum atomic E-state index is -4.71. The number of rotatable bonds is 23. The summed E-state index contributed by atoms with van der Waals surface area (Å²) in [4.78, 5) is 30.9. The van der Waals surface area contributed by atoms with Gasteiger partial charge in [-0.15, -0.1) is 0 Å². The third-order valence-corrected chi connectivity index (χ3v) is 7.54. The Kier molecular flexibility index (Phi) is 19.2. The Morgan fingerprint density at radius 2 is 0.857 bits per heavy atom. The molecule has 0 aliphatic carbocycles. The highest BCUT2D eigenvalue weighted by molar-refractivity contribution is 7.50. The Balaban J connectivity index is 4.45. The highest BCUT2D eigenvalue weighted by Crippen LogP contribution is 2.31. The SMILES string of the molecule is CNC(CCC(CCC(COP(C)(=O)[O-])NC)NC)CCC(CCC(COP(=O)([O-])O)NC)NC. The summed E-state index contributed by atoms with van der Waals surface area (Å²) in [6.07, 6.45) is 7.23. The molecule has 212 valence electrons. The highest BCUT2D eigenvalue weighted by Gasteiger charge is 2.18. The lowest BCUT2D eigenvalue weighted by molar-refractivity contribution is -0.220. The van der Waals surface area contributed by atoms with Crippen LogP contribution in [0.3, 0.4) is 0 Å². The molecule has 0 radical (unpaired) electrons. The molecular weight excluding hydrogens is 496 g/mol. The van der Waals surface area contributed by atoms with Crippen LogP contribution in [0, 0.1) is 0 Å². The maximum absolute atomic E-state index is 11.3. The lowest BCUT2D eigenvalue weighted by atomic mass is 9.95. The van der Waals surface area contributed by atoms with Crippen LogP contribution in [-0.2, 0) is 18.2 Å². The van der Waals surface area contributed by atoms with Crippen LogP contribution in [-0.4, -0.2) is 90.2 Å². The standard InChI is InChI=1S/C21H51N5O7P2/c1-22-17(7-9-18(23-2)11-13-20(25-4)15-32-34(6,27)28)8-10-19(24-3)12-14-21(26-5)16-33-35(29,30)31/h17-26H,7-16H2,1-6H3,(H,27,28)(H2,29,30,31)/p-2. The molecule has 12 nitrogen and oxygen atoms in total. The molecule has 0 aliphatic heterocycles. The van der Waals surface area contributed by atoms with E-state index in [4.69, 9.17) is 9.42 Å². The third kappa shape index (κ3) is 19.8. The molecule has 0 aliphatic rings. The van der Waals surface area contributed by atoms with Crippen molar-refractivity contribution >= 4 is 15.4 Å². The minimum Gasteiger partial charge on any atom is -0.779 e. The van der Waals surface area contributed by atoms with Gasteiger partial charge in [0.1, 0.15) is 7.60 Å². The number of hydrogen-bond acceptors (Lipinski definition) is 11. The van der Waals surface area contributed by atoms with Crippen molar-refractivity contribution in [3.63, 3.8) is 0 Å². The van der Waals surface area contributed by atoms with Crippen LogP contribution >= 0.6 is 15.4 Å². The smallest absolute Gasteiger partial charge is 0.265 e. The van der Waals surface area contributed by atoms with Gasteiger partial charge in [-0.25, -0.2) is 0 Å². The van der Waals surface area contributed by atoms with Crippen molar-refractivity contribution in [2.75, 3.05) is 55.1 Å². The molecule has 0 aromatic rings. The van der Waals surface area contributed by atoms with E-state index in [1.54, 1.807) is 7.05 Å². The number of nitrogens with one attached hydrogen (secondary N) is 5. The number of phosphoric ester groups is 1. The van der Waals surface area contributed by atoms with E-state index in [9.17, 15) is 18.9 Å². The second-order valence-electron chi connectivity index (χ2n) is 9.07. The van der Waals surface area contributed by atoms with Crippen LogP contribution in [0.25, 0.3) is 0 Å². The summed E-state index contributed by atoms with van der Waals surface area (Å²) in [6.45, 7) is 1.14. The molecule has 14 heteroatoms. The van der Waals surface area contributed by atoms with Crippen LogP contribution in [0.1, 0.15) is 51.4 Å². The fourth-order valence-electron chi connectivity index (χ4n) is 3.94. The van der Waals surface area contributed by atoms with Crippen molar-refractivity contribution in [1.29, 1.82) is 0 Å². The van der Waals surface area contributed by atoms with Crippen LogP contribution in [0.2, 0.25) is 0 Å². The van der Waals surface area contributed by atoms with Gasteiger partial charge in [0, 0.05) is 36.9 Å². The van der Waals surface area contributed by atoms with Crippen molar-refractivity contribution in [3.05, 3.63) is 0 Å². The maximum atomic E-state index is 11.3. The van der Waals surface area contributed by atoms with Crippen LogP contribution in [0.5, 0.6) is 0 Å². The number of hydrogen-bond donors (Lipinski definition) is 6. The first-order valence-corrected chi connectivity index (χ1v) is 15.8. The molecule has 7 unspecified atom stereocenters. The molecule has 6 N–H and O–H groups in total. The molecule has 0 bridgehead atoms. The first kappa shape index (κ1) is 35.1. The molecule has 0 amide bonds. The lowest BCUT2D eigenvalue weighted by Gasteiger charge is -2.26. The molecule has 0 rings (SSSR count). The molecule has 0 saturated carbocycles. The summed E-state index contributed by atoms with van der Waals surface area (Å²) in [5.41, 5.74) is 0. The molecule has 0 heterocycles. The fraction of sp³-hybridized carbons (Fsp3) is 1.00. The van der Waals surface area contributed by atoms with Crippen molar-refractivity contribution in [2.45, 2.75) is 81.6 Å². The van der Waals surface area contributed by atoms with Crippen molar-refractivity contribution in [3.8, 4) is 0 Å². The molecule has 0 spiro atoms. The molecule has 0 saturated heterocycles. The van der Waals surface area contributed by atoms with E-state index in [1.165, 1.54) is 0 Å². The average Bonchev–Trinajstić information content (AvgIpc) is 2.79. The predicted molar refractivity (Wildman–Crippen MR) is 136 cm³/mol. The Morgan fingerprint density at radius 3 is 1.09 bits per heavy atom. The largest absolute Gasteiger partial charge is 0.779 e. The Morgan fingerprint density at radius 1 is 0.600 bits per heavy atom.